The molecule has 1 aliphatic rings. The van der Waals surface area contributed by atoms with Crippen molar-refractivity contribution in [2.45, 2.75) is 19.0 Å². The summed E-state index contributed by atoms with van der Waals surface area (Å²) >= 11 is 0. The van der Waals surface area contributed by atoms with Gasteiger partial charge in [0.05, 0.1) is 6.20 Å². The molecule has 17 heavy (non-hydrogen) atoms. The van der Waals surface area contributed by atoms with E-state index in [0.29, 0.717) is 6.04 Å². The molecule has 1 atom stereocenters. The maximum absolute atomic E-state index is 9.06. The van der Waals surface area contributed by atoms with E-state index >= 15 is 0 Å². The number of likely N-dealkylation sites (N-methyl/N-ethyl adjacent to an activating group) is 1. The lowest BCUT2D eigenvalue weighted by Crippen LogP contribution is -2.51. The number of aromatic nitrogens is 2. The first kappa shape index (κ1) is 12.5. The molecule has 0 saturated carbocycles. The molecule has 1 aliphatic heterocycles. The second kappa shape index (κ2) is 5.62. The minimum absolute atomic E-state index is 0.274. The highest BCUT2D eigenvalue weighted by atomic mass is 16.3. The van der Waals surface area contributed by atoms with Crippen LogP contribution in [-0.2, 0) is 13.6 Å². The van der Waals surface area contributed by atoms with Crippen LogP contribution >= 0.6 is 0 Å². The zero-order valence-corrected chi connectivity index (χ0v) is 10.7. The summed E-state index contributed by atoms with van der Waals surface area (Å²) in [5.74, 6) is 0. The van der Waals surface area contributed by atoms with Gasteiger partial charge in [-0.15, -0.1) is 0 Å². The third-order valence-corrected chi connectivity index (χ3v) is 3.49. The molecule has 5 heteroatoms. The Bertz CT molecular complexity index is 352. The van der Waals surface area contributed by atoms with Gasteiger partial charge in [-0.2, -0.15) is 5.10 Å². The summed E-state index contributed by atoms with van der Waals surface area (Å²) in [6.07, 6.45) is 4.86. The number of aliphatic hydroxyl groups excluding tert-OH is 1. The third-order valence-electron chi connectivity index (χ3n) is 3.49. The van der Waals surface area contributed by atoms with Crippen molar-refractivity contribution in [1.82, 2.24) is 19.6 Å². The molecule has 1 fully saturated rings. The van der Waals surface area contributed by atoms with Crippen LogP contribution < -0.4 is 0 Å². The summed E-state index contributed by atoms with van der Waals surface area (Å²) in [6, 6.07) is 0.477. The van der Waals surface area contributed by atoms with Crippen LogP contribution in [0, 0.1) is 0 Å². The van der Waals surface area contributed by atoms with Crippen molar-refractivity contribution in [3.05, 3.63) is 18.0 Å². The largest absolute Gasteiger partial charge is 0.396 e. The zero-order valence-electron chi connectivity index (χ0n) is 10.7. The Hall–Kier alpha value is -0.910. The standard InChI is InChI=1S/C12H22N4O/c1-14-4-5-16(10-12(14)3-6-17)9-11-7-13-15(2)8-11/h7-8,12,17H,3-6,9-10H2,1-2H3/t12-/m0/s1. The number of rotatable bonds is 4. The maximum Gasteiger partial charge on any atom is 0.0534 e. The molecule has 96 valence electrons. The fourth-order valence-corrected chi connectivity index (χ4v) is 2.43. The van der Waals surface area contributed by atoms with Crippen molar-refractivity contribution in [1.29, 1.82) is 0 Å². The molecule has 0 spiro atoms. The van der Waals surface area contributed by atoms with E-state index in [2.05, 4.69) is 28.1 Å². The highest BCUT2D eigenvalue weighted by molar-refractivity contribution is 5.03. The van der Waals surface area contributed by atoms with Crippen molar-refractivity contribution in [3.8, 4) is 0 Å². The minimum Gasteiger partial charge on any atom is -0.396 e. The second-order valence-electron chi connectivity index (χ2n) is 4.90. The molecule has 1 aromatic rings. The average Bonchev–Trinajstić information content (AvgIpc) is 2.69. The Balaban J connectivity index is 1.89. The maximum atomic E-state index is 9.06. The van der Waals surface area contributed by atoms with Gasteiger partial charge >= 0.3 is 0 Å². The quantitative estimate of drug-likeness (QED) is 0.797. The average molecular weight is 238 g/mol. The fourth-order valence-electron chi connectivity index (χ4n) is 2.43. The number of aryl methyl sites for hydroxylation is 1. The summed E-state index contributed by atoms with van der Waals surface area (Å²) < 4.78 is 1.84. The molecular formula is C12H22N4O. The number of hydrogen-bond acceptors (Lipinski definition) is 4. The molecule has 0 unspecified atom stereocenters. The predicted octanol–water partition coefficient (Wildman–Crippen LogP) is -0.0815. The van der Waals surface area contributed by atoms with Crippen LogP contribution in [0.1, 0.15) is 12.0 Å². The third kappa shape index (κ3) is 3.28. The van der Waals surface area contributed by atoms with Crippen LogP contribution in [0.25, 0.3) is 0 Å². The molecule has 2 heterocycles. The van der Waals surface area contributed by atoms with E-state index in [1.807, 2.05) is 17.9 Å². The number of piperazine rings is 1. The molecule has 2 rings (SSSR count). The molecule has 5 nitrogen and oxygen atoms in total. The Morgan fingerprint density at radius 2 is 2.24 bits per heavy atom. The van der Waals surface area contributed by atoms with Gasteiger partial charge in [0.1, 0.15) is 0 Å². The molecule has 1 saturated heterocycles. The first-order chi connectivity index (χ1) is 8.19. The van der Waals surface area contributed by atoms with Crippen molar-refractivity contribution in [2.75, 3.05) is 33.3 Å². The highest BCUT2D eigenvalue weighted by Crippen LogP contribution is 2.13. The van der Waals surface area contributed by atoms with Crippen LogP contribution in [-0.4, -0.2) is 64.0 Å². The van der Waals surface area contributed by atoms with Crippen molar-refractivity contribution in [3.63, 3.8) is 0 Å². The van der Waals surface area contributed by atoms with E-state index in [4.69, 9.17) is 5.11 Å². The Morgan fingerprint density at radius 1 is 1.41 bits per heavy atom. The van der Waals surface area contributed by atoms with E-state index in [0.717, 1.165) is 32.6 Å². The first-order valence-electron chi connectivity index (χ1n) is 6.20. The lowest BCUT2D eigenvalue weighted by Gasteiger charge is -2.39. The fraction of sp³-hybridized carbons (Fsp3) is 0.750. The van der Waals surface area contributed by atoms with Crippen LogP contribution in [0.3, 0.4) is 0 Å². The molecular weight excluding hydrogens is 216 g/mol. The summed E-state index contributed by atoms with van der Waals surface area (Å²) in [5.41, 5.74) is 1.26. The van der Waals surface area contributed by atoms with E-state index in [1.54, 1.807) is 0 Å². The number of aliphatic hydroxyl groups is 1. The summed E-state index contributed by atoms with van der Waals surface area (Å²) in [5, 5.41) is 13.2. The summed E-state index contributed by atoms with van der Waals surface area (Å²) in [6.45, 7) is 4.43. The summed E-state index contributed by atoms with van der Waals surface area (Å²) in [7, 11) is 4.09. The summed E-state index contributed by atoms with van der Waals surface area (Å²) in [4.78, 5) is 4.79. The molecule has 1 N–H and O–H groups in total. The molecule has 1 aromatic heterocycles. The number of nitrogens with zero attached hydrogens (tertiary/aromatic N) is 4. The molecule has 0 aliphatic carbocycles. The predicted molar refractivity (Wildman–Crippen MR) is 66.6 cm³/mol. The Labute approximate surface area is 103 Å². The lowest BCUT2D eigenvalue weighted by atomic mass is 10.1. The van der Waals surface area contributed by atoms with Crippen LogP contribution in [0.5, 0.6) is 0 Å². The van der Waals surface area contributed by atoms with E-state index < -0.39 is 0 Å². The normalized spacial score (nSPS) is 23.1. The van der Waals surface area contributed by atoms with Crippen molar-refractivity contribution < 1.29 is 5.11 Å². The van der Waals surface area contributed by atoms with Gasteiger partial charge in [0.15, 0.2) is 0 Å². The van der Waals surface area contributed by atoms with Crippen LogP contribution in [0.15, 0.2) is 12.4 Å². The molecule has 0 aromatic carbocycles. The van der Waals surface area contributed by atoms with E-state index in [-0.39, 0.29) is 6.61 Å². The second-order valence-corrected chi connectivity index (χ2v) is 4.90. The topological polar surface area (TPSA) is 44.5 Å². The van der Waals surface area contributed by atoms with Crippen molar-refractivity contribution in [2.24, 2.45) is 7.05 Å². The van der Waals surface area contributed by atoms with Gasteiger partial charge in [-0.05, 0) is 13.5 Å². The smallest absolute Gasteiger partial charge is 0.0534 e. The lowest BCUT2D eigenvalue weighted by molar-refractivity contribution is 0.0743. The minimum atomic E-state index is 0.274. The monoisotopic (exact) mass is 238 g/mol. The first-order valence-corrected chi connectivity index (χ1v) is 6.20. The Morgan fingerprint density at radius 3 is 2.88 bits per heavy atom. The SMILES string of the molecule is CN1CCN(Cc2cnn(C)c2)C[C@@H]1CCO. The van der Waals surface area contributed by atoms with Gasteiger partial charge in [0.25, 0.3) is 0 Å². The molecule has 0 radical (unpaired) electrons. The molecule has 0 amide bonds. The van der Waals surface area contributed by atoms with Crippen LogP contribution in [0.2, 0.25) is 0 Å². The van der Waals surface area contributed by atoms with Gasteiger partial charge in [0.2, 0.25) is 0 Å². The number of hydrogen-bond donors (Lipinski definition) is 1. The van der Waals surface area contributed by atoms with Gasteiger partial charge < -0.3 is 10.0 Å². The van der Waals surface area contributed by atoms with Crippen molar-refractivity contribution >= 4 is 0 Å². The zero-order chi connectivity index (χ0) is 12.3. The van der Waals surface area contributed by atoms with Gasteiger partial charge in [0, 0.05) is 57.6 Å². The van der Waals surface area contributed by atoms with E-state index in [9.17, 15) is 0 Å². The van der Waals surface area contributed by atoms with E-state index in [1.165, 1.54) is 5.56 Å². The van der Waals surface area contributed by atoms with Gasteiger partial charge in [-0.25, -0.2) is 0 Å². The van der Waals surface area contributed by atoms with Gasteiger partial charge in [-0.3, -0.25) is 9.58 Å². The molecule has 0 bridgehead atoms. The van der Waals surface area contributed by atoms with Gasteiger partial charge in [-0.1, -0.05) is 0 Å². The highest BCUT2D eigenvalue weighted by Gasteiger charge is 2.23. The van der Waals surface area contributed by atoms with Crippen LogP contribution in [0.4, 0.5) is 0 Å². The Kier molecular flexibility index (Phi) is 4.15.